The van der Waals surface area contributed by atoms with Crippen molar-refractivity contribution < 1.29 is 22.7 Å². The molecule has 0 radical (unpaired) electrons. The number of hydrogen-bond acceptors (Lipinski definition) is 6. The molecule has 0 aromatic carbocycles. The number of amides is 1. The lowest BCUT2D eigenvalue weighted by Crippen LogP contribution is -2.46. The average molecular weight is 348 g/mol. The van der Waals surface area contributed by atoms with Crippen LogP contribution in [0.4, 0.5) is 0 Å². The number of nitrogens with one attached hydrogen (secondary N) is 2. The highest BCUT2D eigenvalue weighted by Gasteiger charge is 2.23. The molecule has 7 nitrogen and oxygen atoms in total. The first-order chi connectivity index (χ1) is 10.3. The maximum absolute atomic E-state index is 11.9. The molecule has 0 aliphatic carbocycles. The Balaban J connectivity index is 2.59. The average Bonchev–Trinajstić information content (AvgIpc) is 2.98. The van der Waals surface area contributed by atoms with Gasteiger partial charge in [-0.05, 0) is 23.8 Å². The predicted molar refractivity (Wildman–Crippen MR) is 82.9 cm³/mol. The monoisotopic (exact) mass is 348 g/mol. The van der Waals surface area contributed by atoms with Crippen LogP contribution >= 0.6 is 11.3 Å². The van der Waals surface area contributed by atoms with E-state index in [0.29, 0.717) is 6.42 Å². The molecule has 1 amide bonds. The molecule has 1 rings (SSSR count). The first-order valence-corrected chi connectivity index (χ1v) is 9.03. The summed E-state index contributed by atoms with van der Waals surface area (Å²) in [6.45, 7) is 3.37. The number of hydrogen-bond donors (Lipinski definition) is 2. The Bertz CT molecular complexity index is 596. The number of methoxy groups -OCH3 is 1. The van der Waals surface area contributed by atoms with Gasteiger partial charge in [0.15, 0.2) is 0 Å². The van der Waals surface area contributed by atoms with Gasteiger partial charge in [-0.15, -0.1) is 11.3 Å². The molecule has 0 unspecified atom stereocenters. The largest absolute Gasteiger partial charge is 0.467 e. The molecule has 9 heteroatoms. The lowest BCUT2D eigenvalue weighted by Gasteiger charge is -2.18. The van der Waals surface area contributed by atoms with Gasteiger partial charge >= 0.3 is 5.97 Å². The molecule has 1 aromatic heterocycles. The Labute approximate surface area is 134 Å². The molecule has 1 aromatic rings. The third kappa shape index (κ3) is 5.74. The van der Waals surface area contributed by atoms with Crippen LogP contribution in [0.3, 0.4) is 0 Å². The van der Waals surface area contributed by atoms with Crippen LogP contribution < -0.4 is 10.0 Å². The molecule has 0 saturated carbocycles. The van der Waals surface area contributed by atoms with E-state index in [4.69, 9.17) is 0 Å². The van der Waals surface area contributed by atoms with Crippen molar-refractivity contribution in [3.05, 3.63) is 17.5 Å². The normalized spacial score (nSPS) is 12.9. The molecule has 0 spiro atoms. The quantitative estimate of drug-likeness (QED) is 0.675. The van der Waals surface area contributed by atoms with Crippen LogP contribution in [-0.4, -0.2) is 40.0 Å². The van der Waals surface area contributed by atoms with Gasteiger partial charge in [0.05, 0.1) is 13.7 Å². The van der Waals surface area contributed by atoms with Crippen LogP contribution in [0.2, 0.25) is 0 Å². The minimum atomic E-state index is -3.71. The molecule has 2 N–H and O–H groups in total. The summed E-state index contributed by atoms with van der Waals surface area (Å²) in [6.07, 6.45) is 0.413. The summed E-state index contributed by atoms with van der Waals surface area (Å²) in [7, 11) is -2.47. The highest BCUT2D eigenvalue weighted by Crippen LogP contribution is 2.14. The van der Waals surface area contributed by atoms with E-state index in [9.17, 15) is 18.0 Å². The maximum Gasteiger partial charge on any atom is 0.328 e. The number of esters is 1. The minimum Gasteiger partial charge on any atom is -0.467 e. The first kappa shape index (κ1) is 18.6. The third-order valence-electron chi connectivity index (χ3n) is 2.71. The van der Waals surface area contributed by atoms with E-state index in [0.717, 1.165) is 11.3 Å². The zero-order valence-electron chi connectivity index (χ0n) is 12.7. The van der Waals surface area contributed by atoms with Crippen molar-refractivity contribution in [3.8, 4) is 0 Å². The van der Waals surface area contributed by atoms with E-state index >= 15 is 0 Å². The summed E-state index contributed by atoms with van der Waals surface area (Å²) in [5.41, 5.74) is 0. The van der Waals surface area contributed by atoms with Crippen LogP contribution in [0.15, 0.2) is 21.7 Å². The number of ether oxygens (including phenoxy) is 1. The van der Waals surface area contributed by atoms with Crippen molar-refractivity contribution in [2.75, 3.05) is 13.7 Å². The van der Waals surface area contributed by atoms with Crippen molar-refractivity contribution in [3.63, 3.8) is 0 Å². The molecule has 124 valence electrons. The first-order valence-electron chi connectivity index (χ1n) is 6.66. The fraction of sp³-hybridized carbons (Fsp3) is 0.538. The fourth-order valence-corrected chi connectivity index (χ4v) is 3.74. The van der Waals surface area contributed by atoms with E-state index in [1.54, 1.807) is 11.4 Å². The standard InChI is InChI=1S/C13H20N2O5S2/c1-9(2)7-10(13(17)20-3)15-11(16)8-14-22(18,19)12-5-4-6-21-12/h4-6,9-10,14H,7-8H2,1-3H3,(H,15,16)/t10-/m0/s1. The molecular weight excluding hydrogens is 328 g/mol. The Kier molecular flexibility index (Phi) is 6.98. The van der Waals surface area contributed by atoms with Crippen molar-refractivity contribution in [2.24, 2.45) is 5.92 Å². The maximum atomic E-state index is 11.9. The molecule has 1 heterocycles. The zero-order chi connectivity index (χ0) is 16.8. The molecule has 0 aliphatic heterocycles. The second kappa shape index (κ2) is 8.25. The van der Waals surface area contributed by atoms with Gasteiger partial charge in [-0.25, -0.2) is 17.9 Å². The summed E-state index contributed by atoms with van der Waals surface area (Å²) in [5, 5.41) is 4.11. The lowest BCUT2D eigenvalue weighted by molar-refractivity contribution is -0.145. The predicted octanol–water partition coefficient (Wildman–Crippen LogP) is 0.730. The molecule has 0 fully saturated rings. The van der Waals surface area contributed by atoms with Crippen molar-refractivity contribution >= 4 is 33.2 Å². The van der Waals surface area contributed by atoms with Crippen LogP contribution in [0, 0.1) is 5.92 Å². The summed E-state index contributed by atoms with van der Waals surface area (Å²) in [5.74, 6) is -0.966. The van der Waals surface area contributed by atoms with Gasteiger partial charge in [0.1, 0.15) is 10.3 Å². The molecule has 22 heavy (non-hydrogen) atoms. The molecule has 1 atom stereocenters. The van der Waals surface area contributed by atoms with Crippen LogP contribution in [0.1, 0.15) is 20.3 Å². The van der Waals surface area contributed by atoms with E-state index < -0.39 is 34.5 Å². The number of rotatable bonds is 8. The van der Waals surface area contributed by atoms with Gasteiger partial charge in [0, 0.05) is 0 Å². The Morgan fingerprint density at radius 3 is 2.55 bits per heavy atom. The number of carbonyl (C=O) groups is 2. The zero-order valence-corrected chi connectivity index (χ0v) is 14.3. The van der Waals surface area contributed by atoms with Gasteiger partial charge in [0.25, 0.3) is 10.0 Å². The van der Waals surface area contributed by atoms with Crippen LogP contribution in [-0.2, 0) is 24.3 Å². The SMILES string of the molecule is COC(=O)[C@H](CC(C)C)NC(=O)CNS(=O)(=O)c1cccs1. The lowest BCUT2D eigenvalue weighted by atomic mass is 10.0. The summed E-state index contributed by atoms with van der Waals surface area (Å²) in [6, 6.07) is 2.26. The van der Waals surface area contributed by atoms with Gasteiger partial charge in [-0.1, -0.05) is 19.9 Å². The number of carbonyl (C=O) groups excluding carboxylic acids is 2. The molecule has 0 saturated heterocycles. The minimum absolute atomic E-state index is 0.131. The second-order valence-electron chi connectivity index (χ2n) is 5.03. The fourth-order valence-electron chi connectivity index (χ4n) is 1.72. The van der Waals surface area contributed by atoms with E-state index in [-0.39, 0.29) is 10.1 Å². The second-order valence-corrected chi connectivity index (χ2v) is 7.97. The Morgan fingerprint density at radius 1 is 1.36 bits per heavy atom. The number of thiophene rings is 1. The molecular formula is C13H20N2O5S2. The molecule has 0 aliphatic rings. The van der Waals surface area contributed by atoms with Crippen LogP contribution in [0.5, 0.6) is 0 Å². The van der Waals surface area contributed by atoms with E-state index in [2.05, 4.69) is 14.8 Å². The Morgan fingerprint density at radius 2 is 2.05 bits per heavy atom. The van der Waals surface area contributed by atoms with E-state index in [1.165, 1.54) is 13.2 Å². The van der Waals surface area contributed by atoms with E-state index in [1.807, 2.05) is 13.8 Å². The van der Waals surface area contributed by atoms with Gasteiger partial charge in [-0.2, -0.15) is 0 Å². The summed E-state index contributed by atoms with van der Waals surface area (Å²) >= 11 is 1.06. The van der Waals surface area contributed by atoms with Gasteiger partial charge in [-0.3, -0.25) is 4.79 Å². The number of sulfonamides is 1. The van der Waals surface area contributed by atoms with Gasteiger partial charge < -0.3 is 10.1 Å². The topological polar surface area (TPSA) is 102 Å². The van der Waals surface area contributed by atoms with Crippen molar-refractivity contribution in [1.29, 1.82) is 0 Å². The smallest absolute Gasteiger partial charge is 0.328 e. The third-order valence-corrected chi connectivity index (χ3v) is 5.51. The highest BCUT2D eigenvalue weighted by atomic mass is 32.2. The highest BCUT2D eigenvalue weighted by molar-refractivity contribution is 7.91. The van der Waals surface area contributed by atoms with Gasteiger partial charge in [0.2, 0.25) is 5.91 Å². The summed E-state index contributed by atoms with van der Waals surface area (Å²) < 4.78 is 30.7. The molecule has 0 bridgehead atoms. The van der Waals surface area contributed by atoms with Crippen molar-refractivity contribution in [1.82, 2.24) is 10.0 Å². The van der Waals surface area contributed by atoms with Crippen LogP contribution in [0.25, 0.3) is 0 Å². The van der Waals surface area contributed by atoms with Crippen molar-refractivity contribution in [2.45, 2.75) is 30.5 Å². The Hall–Kier alpha value is -1.45. The summed E-state index contributed by atoms with van der Waals surface area (Å²) in [4.78, 5) is 23.4.